The minimum atomic E-state index is 0.202. The van der Waals surface area contributed by atoms with E-state index in [9.17, 15) is 4.79 Å². The molecule has 0 spiro atoms. The molecule has 0 radical (unpaired) electrons. The van der Waals surface area contributed by atoms with E-state index >= 15 is 0 Å². The molecule has 130 valence electrons. The Morgan fingerprint density at radius 3 is 2.40 bits per heavy atom. The number of anilines is 2. The van der Waals surface area contributed by atoms with Crippen molar-refractivity contribution in [2.24, 2.45) is 10.7 Å². The maximum atomic E-state index is 11.8. The van der Waals surface area contributed by atoms with Crippen LogP contribution in [0.25, 0.3) is 0 Å². The molecule has 1 heterocycles. The van der Waals surface area contributed by atoms with Gasteiger partial charge in [0.15, 0.2) is 5.96 Å². The number of nitrogens with one attached hydrogen (secondary N) is 1. The number of aliphatic imine (C=N–C) groups is 1. The van der Waals surface area contributed by atoms with Crippen molar-refractivity contribution in [3.05, 3.63) is 59.7 Å². The van der Waals surface area contributed by atoms with Crippen LogP contribution in [0.3, 0.4) is 0 Å². The van der Waals surface area contributed by atoms with Crippen LogP contribution in [-0.2, 0) is 17.8 Å². The number of hydrogen-bond donors (Lipinski definition) is 2. The number of guanidine groups is 1. The van der Waals surface area contributed by atoms with Gasteiger partial charge in [-0.2, -0.15) is 0 Å². The fraction of sp³-hybridized carbons (Fsp3) is 0.300. The van der Waals surface area contributed by atoms with Gasteiger partial charge in [-0.3, -0.25) is 4.79 Å². The lowest BCUT2D eigenvalue weighted by atomic mass is 10.1. The van der Waals surface area contributed by atoms with Gasteiger partial charge in [0.05, 0.1) is 6.54 Å². The molecule has 1 aliphatic rings. The summed E-state index contributed by atoms with van der Waals surface area (Å²) in [5, 5.41) is 3.10. The van der Waals surface area contributed by atoms with Crippen LogP contribution in [0.15, 0.2) is 53.5 Å². The lowest BCUT2D eigenvalue weighted by molar-refractivity contribution is -0.117. The summed E-state index contributed by atoms with van der Waals surface area (Å²) < 4.78 is 0. The van der Waals surface area contributed by atoms with Crippen LogP contribution in [0.4, 0.5) is 11.4 Å². The lowest BCUT2D eigenvalue weighted by Crippen LogP contribution is -2.23. The molecule has 3 N–H and O–H groups in total. The molecule has 1 aliphatic heterocycles. The molecule has 5 heteroatoms. The molecular weight excluding hydrogens is 312 g/mol. The third-order valence-corrected chi connectivity index (χ3v) is 4.39. The summed E-state index contributed by atoms with van der Waals surface area (Å²) in [6.45, 7) is 3.44. The van der Waals surface area contributed by atoms with Crippen molar-refractivity contribution in [2.45, 2.75) is 32.7 Å². The average Bonchev–Trinajstić information content (AvgIpc) is 3.07. The Morgan fingerprint density at radius 2 is 1.80 bits per heavy atom. The van der Waals surface area contributed by atoms with Crippen molar-refractivity contribution in [2.75, 3.05) is 16.8 Å². The van der Waals surface area contributed by atoms with Gasteiger partial charge < -0.3 is 16.0 Å². The van der Waals surface area contributed by atoms with Crippen molar-refractivity contribution in [1.29, 1.82) is 0 Å². The number of carbonyl (C=O) groups is 1. The summed E-state index contributed by atoms with van der Waals surface area (Å²) in [5.74, 6) is 0.594. The van der Waals surface area contributed by atoms with Crippen LogP contribution in [0.5, 0.6) is 0 Å². The van der Waals surface area contributed by atoms with E-state index in [-0.39, 0.29) is 5.91 Å². The molecule has 0 unspecified atom stereocenters. The molecule has 0 saturated carbocycles. The summed E-state index contributed by atoms with van der Waals surface area (Å²) in [7, 11) is 0. The van der Waals surface area contributed by atoms with E-state index in [1.165, 1.54) is 5.56 Å². The predicted octanol–water partition coefficient (Wildman–Crippen LogP) is 3.30. The van der Waals surface area contributed by atoms with Crippen molar-refractivity contribution in [3.63, 3.8) is 0 Å². The minimum absolute atomic E-state index is 0.202. The standard InChI is InChI=1S/C20H24N4O/c1-2-15-5-9-17(10-6-15)23-20(21)22-14-16-7-11-18(12-8-16)24-13-3-4-19(24)25/h5-12H,2-4,13-14H2,1H3,(H3,21,22,23). The third kappa shape index (κ3) is 4.38. The van der Waals surface area contributed by atoms with Crippen molar-refractivity contribution >= 4 is 23.2 Å². The molecule has 0 aliphatic carbocycles. The number of hydrogen-bond acceptors (Lipinski definition) is 2. The highest BCUT2D eigenvalue weighted by Gasteiger charge is 2.21. The normalized spacial score (nSPS) is 14.8. The predicted molar refractivity (Wildman–Crippen MR) is 103 cm³/mol. The maximum Gasteiger partial charge on any atom is 0.227 e. The highest BCUT2D eigenvalue weighted by molar-refractivity contribution is 5.95. The van der Waals surface area contributed by atoms with E-state index in [0.717, 1.165) is 36.3 Å². The van der Waals surface area contributed by atoms with Crippen LogP contribution >= 0.6 is 0 Å². The van der Waals surface area contributed by atoms with E-state index in [4.69, 9.17) is 5.73 Å². The van der Waals surface area contributed by atoms with Gasteiger partial charge in [-0.25, -0.2) is 4.99 Å². The van der Waals surface area contributed by atoms with E-state index in [0.29, 0.717) is 18.9 Å². The first-order chi connectivity index (χ1) is 12.2. The minimum Gasteiger partial charge on any atom is -0.370 e. The van der Waals surface area contributed by atoms with Crippen LogP contribution < -0.4 is 16.0 Å². The van der Waals surface area contributed by atoms with E-state index in [1.54, 1.807) is 0 Å². The molecule has 2 aromatic rings. The van der Waals surface area contributed by atoms with Crippen molar-refractivity contribution in [3.8, 4) is 0 Å². The Kier molecular flexibility index (Phi) is 5.33. The highest BCUT2D eigenvalue weighted by atomic mass is 16.2. The zero-order chi connectivity index (χ0) is 17.6. The average molecular weight is 336 g/mol. The Labute approximate surface area is 148 Å². The molecule has 0 aromatic heterocycles. The van der Waals surface area contributed by atoms with Gasteiger partial charge in [0.2, 0.25) is 5.91 Å². The van der Waals surface area contributed by atoms with Gasteiger partial charge in [0.25, 0.3) is 0 Å². The summed E-state index contributed by atoms with van der Waals surface area (Å²) in [6, 6.07) is 16.1. The van der Waals surface area contributed by atoms with Gasteiger partial charge in [-0.1, -0.05) is 31.2 Å². The largest absolute Gasteiger partial charge is 0.370 e. The molecule has 0 bridgehead atoms. The second-order valence-corrected chi connectivity index (χ2v) is 6.19. The first-order valence-electron chi connectivity index (χ1n) is 8.71. The van der Waals surface area contributed by atoms with Crippen molar-refractivity contribution < 1.29 is 4.79 Å². The van der Waals surface area contributed by atoms with Crippen LogP contribution in [0, 0.1) is 0 Å². The molecule has 1 amide bonds. The van der Waals surface area contributed by atoms with Crippen LogP contribution in [0.1, 0.15) is 30.9 Å². The third-order valence-electron chi connectivity index (χ3n) is 4.39. The first kappa shape index (κ1) is 17.0. The van der Waals surface area contributed by atoms with E-state index < -0.39 is 0 Å². The number of nitrogens with two attached hydrogens (primary N) is 1. The zero-order valence-corrected chi connectivity index (χ0v) is 14.5. The number of benzene rings is 2. The van der Waals surface area contributed by atoms with Gasteiger partial charge in [0.1, 0.15) is 0 Å². The smallest absolute Gasteiger partial charge is 0.227 e. The van der Waals surface area contributed by atoms with Gasteiger partial charge in [-0.05, 0) is 48.2 Å². The van der Waals surface area contributed by atoms with Gasteiger partial charge in [-0.15, -0.1) is 0 Å². The molecule has 5 nitrogen and oxygen atoms in total. The zero-order valence-electron chi connectivity index (χ0n) is 14.5. The molecule has 25 heavy (non-hydrogen) atoms. The number of amides is 1. The Morgan fingerprint density at radius 1 is 1.12 bits per heavy atom. The second-order valence-electron chi connectivity index (χ2n) is 6.19. The summed E-state index contributed by atoms with van der Waals surface area (Å²) in [6.07, 6.45) is 2.60. The van der Waals surface area contributed by atoms with Gasteiger partial charge in [0, 0.05) is 24.3 Å². The van der Waals surface area contributed by atoms with Gasteiger partial charge >= 0.3 is 0 Å². The highest BCUT2D eigenvalue weighted by Crippen LogP contribution is 2.21. The molecule has 0 atom stereocenters. The SMILES string of the molecule is CCc1ccc(NC(N)=NCc2ccc(N3CCCC3=O)cc2)cc1. The van der Waals surface area contributed by atoms with Crippen LogP contribution in [0.2, 0.25) is 0 Å². The fourth-order valence-corrected chi connectivity index (χ4v) is 2.89. The summed E-state index contributed by atoms with van der Waals surface area (Å²) >= 11 is 0. The number of carbonyl (C=O) groups excluding carboxylic acids is 1. The quantitative estimate of drug-likeness (QED) is 0.650. The molecule has 1 saturated heterocycles. The molecular formula is C20H24N4O. The van der Waals surface area contributed by atoms with Crippen molar-refractivity contribution in [1.82, 2.24) is 0 Å². The van der Waals surface area contributed by atoms with Crippen LogP contribution in [-0.4, -0.2) is 18.4 Å². The van der Waals surface area contributed by atoms with E-state index in [2.05, 4.69) is 29.4 Å². The summed E-state index contributed by atoms with van der Waals surface area (Å²) in [4.78, 5) is 18.0. The van der Waals surface area contributed by atoms with E-state index in [1.807, 2.05) is 41.3 Å². The Hall–Kier alpha value is -2.82. The molecule has 2 aromatic carbocycles. The maximum absolute atomic E-state index is 11.8. The number of aryl methyl sites for hydroxylation is 1. The Balaban J connectivity index is 1.57. The fourth-order valence-electron chi connectivity index (χ4n) is 2.89. The topological polar surface area (TPSA) is 70.7 Å². The summed E-state index contributed by atoms with van der Waals surface area (Å²) in [5.41, 5.74) is 10.2. The first-order valence-corrected chi connectivity index (χ1v) is 8.71. The monoisotopic (exact) mass is 336 g/mol. The number of nitrogens with zero attached hydrogens (tertiary/aromatic N) is 2. The Bertz CT molecular complexity index is 750. The molecule has 3 rings (SSSR count). The molecule has 1 fully saturated rings. The lowest BCUT2D eigenvalue weighted by Gasteiger charge is -2.15. The second kappa shape index (κ2) is 7.83. The number of rotatable bonds is 5.